The second kappa shape index (κ2) is 13.0. The number of aryl methyl sites for hydroxylation is 2. The third kappa shape index (κ3) is 5.28. The number of hydrogen-bond acceptors (Lipinski definition) is 1. The van der Waals surface area contributed by atoms with E-state index in [1.54, 1.807) is 0 Å². The lowest BCUT2D eigenvalue weighted by atomic mass is 9.83. The smallest absolute Gasteiger partial charge is 0.0702 e. The van der Waals surface area contributed by atoms with Crippen molar-refractivity contribution in [3.63, 3.8) is 0 Å². The largest absolute Gasteiger partial charge is 0.256 e. The molecule has 0 fully saturated rings. The Morgan fingerprint density at radius 1 is 0.315 bits per heavy atom. The van der Waals surface area contributed by atoms with Gasteiger partial charge in [0, 0.05) is 17.3 Å². The Hall–Kier alpha value is -6.83. The van der Waals surface area contributed by atoms with Gasteiger partial charge in [-0.05, 0) is 119 Å². The minimum Gasteiger partial charge on any atom is -0.256 e. The Morgan fingerprint density at radius 2 is 0.796 bits per heavy atom. The number of benzene rings is 9. The normalized spacial score (nSPS) is 11.5. The fraction of sp³-hybridized carbons (Fsp3) is 0.0377. The topological polar surface area (TPSA) is 12.9 Å². The zero-order chi connectivity index (χ0) is 36.2. The molecule has 10 rings (SSSR count). The quantitative estimate of drug-likeness (QED) is 0.164. The minimum absolute atomic E-state index is 0.979. The van der Waals surface area contributed by atoms with Crippen molar-refractivity contribution in [2.45, 2.75) is 13.8 Å². The van der Waals surface area contributed by atoms with Crippen LogP contribution in [0.1, 0.15) is 11.1 Å². The lowest BCUT2D eigenvalue weighted by molar-refractivity contribution is 1.33. The van der Waals surface area contributed by atoms with Crippen LogP contribution in [0, 0.1) is 13.8 Å². The van der Waals surface area contributed by atoms with E-state index in [1.165, 1.54) is 87.6 Å². The third-order valence-corrected chi connectivity index (χ3v) is 11.2. The van der Waals surface area contributed by atoms with E-state index in [1.807, 2.05) is 6.20 Å². The molecule has 0 spiro atoms. The summed E-state index contributed by atoms with van der Waals surface area (Å²) < 4.78 is 0. The van der Waals surface area contributed by atoms with Gasteiger partial charge in [-0.3, -0.25) is 4.98 Å². The first-order chi connectivity index (χ1) is 26.6. The summed E-state index contributed by atoms with van der Waals surface area (Å²) in [4.78, 5) is 4.89. The number of nitrogens with zero attached hydrogens (tertiary/aromatic N) is 1. The molecular weight excluding hydrogens is 651 g/mol. The van der Waals surface area contributed by atoms with E-state index in [2.05, 4.69) is 196 Å². The van der Waals surface area contributed by atoms with Crippen LogP contribution in [-0.4, -0.2) is 4.98 Å². The predicted molar refractivity (Wildman–Crippen MR) is 231 cm³/mol. The molecule has 0 amide bonds. The summed E-state index contributed by atoms with van der Waals surface area (Å²) in [5.41, 5.74) is 14.6. The molecular formula is C53H37N. The fourth-order valence-corrected chi connectivity index (χ4v) is 8.62. The van der Waals surface area contributed by atoms with Crippen LogP contribution in [0.25, 0.3) is 98.9 Å². The standard InChI is InChI=1S/C53H37N/c1-34-12-11-13-35(2)51(34)48-29-30-49(43-17-6-5-16-42(43)48)53-46-20-9-7-18-44(46)52(45-19-8-10-21-47(45)53)38-25-22-37(23-26-38)41-28-31-50(54-33-41)40-27-24-36-14-3-4-15-39(36)32-40/h3-33H,1-2H3. The Kier molecular flexibility index (Phi) is 7.66. The lowest BCUT2D eigenvalue weighted by Gasteiger charge is -2.20. The summed E-state index contributed by atoms with van der Waals surface area (Å²) in [6, 6.07) is 66.4. The molecule has 54 heavy (non-hydrogen) atoms. The van der Waals surface area contributed by atoms with Crippen LogP contribution in [-0.2, 0) is 0 Å². The van der Waals surface area contributed by atoms with Crippen molar-refractivity contribution in [2.24, 2.45) is 0 Å². The van der Waals surface area contributed by atoms with Crippen LogP contribution in [0.4, 0.5) is 0 Å². The number of rotatable bonds is 5. The number of pyridine rings is 1. The van der Waals surface area contributed by atoms with Crippen LogP contribution < -0.4 is 0 Å². The number of fused-ring (bicyclic) bond motifs is 4. The van der Waals surface area contributed by atoms with Gasteiger partial charge in [0.25, 0.3) is 0 Å². The van der Waals surface area contributed by atoms with Gasteiger partial charge in [-0.2, -0.15) is 0 Å². The molecule has 9 aromatic carbocycles. The van der Waals surface area contributed by atoms with Crippen molar-refractivity contribution >= 4 is 43.1 Å². The molecule has 0 atom stereocenters. The molecule has 0 saturated carbocycles. The first-order valence-electron chi connectivity index (χ1n) is 18.7. The Labute approximate surface area is 315 Å². The van der Waals surface area contributed by atoms with E-state index in [-0.39, 0.29) is 0 Å². The second-order valence-electron chi connectivity index (χ2n) is 14.4. The van der Waals surface area contributed by atoms with Gasteiger partial charge in [0.1, 0.15) is 0 Å². The summed E-state index contributed by atoms with van der Waals surface area (Å²) in [6.45, 7) is 4.44. The van der Waals surface area contributed by atoms with Gasteiger partial charge in [-0.25, -0.2) is 0 Å². The second-order valence-corrected chi connectivity index (χ2v) is 14.4. The summed E-state index contributed by atoms with van der Waals surface area (Å²) in [5.74, 6) is 0. The van der Waals surface area contributed by atoms with Crippen LogP contribution in [0.5, 0.6) is 0 Å². The third-order valence-electron chi connectivity index (χ3n) is 11.2. The Bertz CT molecular complexity index is 2970. The maximum absolute atomic E-state index is 4.89. The number of aromatic nitrogens is 1. The molecule has 0 aliphatic carbocycles. The molecule has 10 aromatic rings. The molecule has 0 radical (unpaired) electrons. The van der Waals surface area contributed by atoms with Crippen LogP contribution in [0.15, 0.2) is 188 Å². The van der Waals surface area contributed by atoms with Gasteiger partial charge in [-0.1, -0.05) is 170 Å². The molecule has 0 aliphatic heterocycles. The first-order valence-corrected chi connectivity index (χ1v) is 18.7. The van der Waals surface area contributed by atoms with Gasteiger partial charge in [0.2, 0.25) is 0 Å². The predicted octanol–water partition coefficient (Wildman–Crippen LogP) is 14.6. The highest BCUT2D eigenvalue weighted by Crippen LogP contribution is 2.47. The van der Waals surface area contributed by atoms with E-state index >= 15 is 0 Å². The van der Waals surface area contributed by atoms with Gasteiger partial charge >= 0.3 is 0 Å². The van der Waals surface area contributed by atoms with Gasteiger partial charge < -0.3 is 0 Å². The van der Waals surface area contributed by atoms with Crippen molar-refractivity contribution in [2.75, 3.05) is 0 Å². The van der Waals surface area contributed by atoms with Crippen molar-refractivity contribution in [3.8, 4) is 55.8 Å². The van der Waals surface area contributed by atoms with Crippen molar-refractivity contribution in [1.29, 1.82) is 0 Å². The summed E-state index contributed by atoms with van der Waals surface area (Å²) in [7, 11) is 0. The number of hydrogen-bond donors (Lipinski definition) is 0. The van der Waals surface area contributed by atoms with E-state index in [9.17, 15) is 0 Å². The first kappa shape index (κ1) is 31.9. The van der Waals surface area contributed by atoms with Crippen molar-refractivity contribution in [3.05, 3.63) is 199 Å². The highest BCUT2D eigenvalue weighted by atomic mass is 14.7. The maximum Gasteiger partial charge on any atom is 0.0702 e. The van der Waals surface area contributed by atoms with Crippen LogP contribution >= 0.6 is 0 Å². The van der Waals surface area contributed by atoms with E-state index in [0.29, 0.717) is 0 Å². The lowest BCUT2D eigenvalue weighted by Crippen LogP contribution is -1.94. The average Bonchev–Trinajstić information content (AvgIpc) is 3.23. The Morgan fingerprint density at radius 3 is 1.39 bits per heavy atom. The highest BCUT2D eigenvalue weighted by molar-refractivity contribution is 6.24. The SMILES string of the molecule is Cc1cccc(C)c1-c1ccc(-c2c3ccccc3c(-c3ccc(-c4ccc(-c5ccc6ccccc6c5)nc4)cc3)c3ccccc23)c2ccccc12. The van der Waals surface area contributed by atoms with Crippen LogP contribution in [0.2, 0.25) is 0 Å². The molecule has 0 unspecified atom stereocenters. The monoisotopic (exact) mass is 687 g/mol. The van der Waals surface area contributed by atoms with Crippen molar-refractivity contribution < 1.29 is 0 Å². The molecule has 0 saturated heterocycles. The molecule has 0 aliphatic rings. The molecule has 1 aromatic heterocycles. The summed E-state index contributed by atoms with van der Waals surface area (Å²) in [6.07, 6.45) is 2.00. The molecule has 254 valence electrons. The molecule has 1 heterocycles. The zero-order valence-electron chi connectivity index (χ0n) is 30.3. The summed E-state index contributed by atoms with van der Waals surface area (Å²) >= 11 is 0. The van der Waals surface area contributed by atoms with Crippen molar-refractivity contribution in [1.82, 2.24) is 4.98 Å². The van der Waals surface area contributed by atoms with E-state index in [4.69, 9.17) is 4.98 Å². The van der Waals surface area contributed by atoms with Gasteiger partial charge in [0.15, 0.2) is 0 Å². The van der Waals surface area contributed by atoms with E-state index < -0.39 is 0 Å². The van der Waals surface area contributed by atoms with E-state index in [0.717, 1.165) is 22.4 Å². The highest BCUT2D eigenvalue weighted by Gasteiger charge is 2.19. The van der Waals surface area contributed by atoms with Gasteiger partial charge in [0.05, 0.1) is 5.69 Å². The Balaban J connectivity index is 1.09. The summed E-state index contributed by atoms with van der Waals surface area (Å²) in [5, 5.41) is 10.0. The van der Waals surface area contributed by atoms with Gasteiger partial charge in [-0.15, -0.1) is 0 Å². The average molecular weight is 688 g/mol. The van der Waals surface area contributed by atoms with Crippen LogP contribution in [0.3, 0.4) is 0 Å². The zero-order valence-corrected chi connectivity index (χ0v) is 30.3. The molecule has 1 heteroatoms. The molecule has 1 nitrogen and oxygen atoms in total. The maximum atomic E-state index is 4.89. The fourth-order valence-electron chi connectivity index (χ4n) is 8.62. The molecule has 0 N–H and O–H groups in total. The minimum atomic E-state index is 0.979. The molecule has 0 bridgehead atoms.